The van der Waals surface area contributed by atoms with Crippen LogP contribution in [0.2, 0.25) is 0 Å². The van der Waals surface area contributed by atoms with Gasteiger partial charge in [-0.1, -0.05) is 18.2 Å². The highest BCUT2D eigenvalue weighted by Gasteiger charge is 2.39. The molecule has 2 aromatic heterocycles. The molecule has 4 N–H and O–H groups in total. The molecule has 11 heteroatoms. The van der Waals surface area contributed by atoms with E-state index < -0.39 is 18.0 Å². The van der Waals surface area contributed by atoms with E-state index in [0.717, 1.165) is 11.1 Å². The van der Waals surface area contributed by atoms with Crippen LogP contribution in [0.1, 0.15) is 41.8 Å². The molecule has 0 aliphatic carbocycles. The summed E-state index contributed by atoms with van der Waals surface area (Å²) in [6, 6.07) is 12.7. The van der Waals surface area contributed by atoms with Crippen molar-refractivity contribution in [3.8, 4) is 0 Å². The largest absolute Gasteiger partial charge is 0.338 e. The maximum absolute atomic E-state index is 13.7. The van der Waals surface area contributed by atoms with E-state index in [1.807, 2.05) is 32.9 Å². The number of nitrogens with two attached hydrogens (primary N) is 1. The number of benzene rings is 2. The highest BCUT2D eigenvalue weighted by atomic mass is 19.3. The third kappa shape index (κ3) is 5.37. The van der Waals surface area contributed by atoms with Crippen molar-refractivity contribution in [2.24, 2.45) is 5.73 Å². The highest BCUT2D eigenvalue weighted by molar-refractivity contribution is 6.04. The minimum absolute atomic E-state index is 0.168. The van der Waals surface area contributed by atoms with Crippen molar-refractivity contribution >= 4 is 40.1 Å². The van der Waals surface area contributed by atoms with Crippen LogP contribution in [-0.2, 0) is 5.54 Å². The maximum atomic E-state index is 13.7. The van der Waals surface area contributed by atoms with Gasteiger partial charge in [0.05, 0.1) is 12.7 Å². The fraction of sp³-hybridized carbons (Fsp3) is 0.296. The summed E-state index contributed by atoms with van der Waals surface area (Å²) in [6.45, 7) is 5.42. The molecule has 4 aromatic rings. The summed E-state index contributed by atoms with van der Waals surface area (Å²) < 4.78 is 27.5. The Labute approximate surface area is 218 Å². The monoisotopic (exact) mass is 518 g/mol. The van der Waals surface area contributed by atoms with E-state index in [-0.39, 0.29) is 24.8 Å². The minimum atomic E-state index is -2.77. The fourth-order valence-electron chi connectivity index (χ4n) is 4.22. The summed E-state index contributed by atoms with van der Waals surface area (Å²) in [4.78, 5) is 31.7. The average molecular weight is 519 g/mol. The molecule has 0 atom stereocenters. The Morgan fingerprint density at radius 3 is 2.68 bits per heavy atom. The van der Waals surface area contributed by atoms with Crippen molar-refractivity contribution in [1.82, 2.24) is 19.9 Å². The standard InChI is InChI=1S/C27H28F2N8O/c1-16-7-8-19(34-24(38)17-5-4-6-18(11-17)26(2,3)30)12-20(16)35-23-22-21(32-15-33-23)13-31-25(36-22)37-10-9-27(28,29)14-37/h4-8,11-13,15H,9-10,14,30H2,1-3H3,(H,34,38)(H,32,33,35). The van der Waals surface area contributed by atoms with Crippen molar-refractivity contribution in [3.05, 3.63) is 71.7 Å². The molecule has 0 unspecified atom stereocenters. The number of hydrogen-bond acceptors (Lipinski definition) is 8. The van der Waals surface area contributed by atoms with Crippen LogP contribution in [0.5, 0.6) is 0 Å². The van der Waals surface area contributed by atoms with E-state index in [9.17, 15) is 13.6 Å². The first-order chi connectivity index (χ1) is 18.0. The summed E-state index contributed by atoms with van der Waals surface area (Å²) in [6.07, 6.45) is 2.64. The van der Waals surface area contributed by atoms with Gasteiger partial charge in [-0.2, -0.15) is 0 Å². The lowest BCUT2D eigenvalue weighted by molar-refractivity contribution is 0.0256. The molecule has 3 heterocycles. The topological polar surface area (TPSA) is 122 Å². The first kappa shape index (κ1) is 25.4. The van der Waals surface area contributed by atoms with Crippen LogP contribution in [0.25, 0.3) is 11.0 Å². The number of aryl methyl sites for hydroxylation is 1. The average Bonchev–Trinajstić information content (AvgIpc) is 3.25. The SMILES string of the molecule is Cc1ccc(NC(=O)c2cccc(C(C)(C)N)c2)cc1Nc1ncnc2cnc(N3CCC(F)(F)C3)nc12. The first-order valence-corrected chi connectivity index (χ1v) is 12.2. The molecule has 1 fully saturated rings. The molecule has 1 aliphatic heterocycles. The second-order valence-electron chi connectivity index (χ2n) is 10.1. The number of carbonyl (C=O) groups is 1. The van der Waals surface area contributed by atoms with Gasteiger partial charge >= 0.3 is 0 Å². The Morgan fingerprint density at radius 2 is 1.95 bits per heavy atom. The molecule has 0 saturated carbocycles. The molecule has 0 radical (unpaired) electrons. The van der Waals surface area contributed by atoms with Crippen LogP contribution in [-0.4, -0.2) is 44.9 Å². The number of amides is 1. The Hall–Kier alpha value is -4.25. The van der Waals surface area contributed by atoms with Gasteiger partial charge in [0, 0.05) is 35.4 Å². The van der Waals surface area contributed by atoms with Crippen molar-refractivity contribution < 1.29 is 13.6 Å². The minimum Gasteiger partial charge on any atom is -0.338 e. The van der Waals surface area contributed by atoms with Crippen molar-refractivity contribution in [1.29, 1.82) is 0 Å². The molecule has 5 rings (SSSR count). The van der Waals surface area contributed by atoms with E-state index >= 15 is 0 Å². The van der Waals surface area contributed by atoms with Crippen molar-refractivity contribution in [3.63, 3.8) is 0 Å². The lowest BCUT2D eigenvalue weighted by atomic mass is 9.94. The van der Waals surface area contributed by atoms with Gasteiger partial charge in [-0.25, -0.2) is 28.7 Å². The zero-order chi connectivity index (χ0) is 27.1. The third-order valence-electron chi connectivity index (χ3n) is 6.43. The van der Waals surface area contributed by atoms with Crippen molar-refractivity contribution in [2.75, 3.05) is 28.6 Å². The Kier molecular flexibility index (Phi) is 6.39. The predicted molar refractivity (Wildman–Crippen MR) is 143 cm³/mol. The number of aromatic nitrogens is 4. The zero-order valence-electron chi connectivity index (χ0n) is 21.3. The Morgan fingerprint density at radius 1 is 1.13 bits per heavy atom. The molecule has 0 bridgehead atoms. The lowest BCUT2D eigenvalue weighted by Gasteiger charge is -2.19. The molecule has 1 amide bonds. The van der Waals surface area contributed by atoms with Gasteiger partial charge in [0.15, 0.2) is 5.82 Å². The van der Waals surface area contributed by atoms with Crippen LogP contribution >= 0.6 is 0 Å². The van der Waals surface area contributed by atoms with Gasteiger partial charge in [0.2, 0.25) is 5.95 Å². The van der Waals surface area contributed by atoms with Gasteiger partial charge in [0.1, 0.15) is 17.4 Å². The van der Waals surface area contributed by atoms with E-state index in [0.29, 0.717) is 33.8 Å². The third-order valence-corrected chi connectivity index (χ3v) is 6.43. The van der Waals surface area contributed by atoms with E-state index in [4.69, 9.17) is 5.73 Å². The Balaban J connectivity index is 1.40. The molecule has 9 nitrogen and oxygen atoms in total. The number of carbonyl (C=O) groups excluding carboxylic acids is 1. The number of fused-ring (bicyclic) bond motifs is 1. The summed E-state index contributed by atoms with van der Waals surface area (Å²) in [5.41, 5.74) is 10.0. The van der Waals surface area contributed by atoms with Gasteiger partial charge in [-0.3, -0.25) is 4.79 Å². The molecular formula is C27H28F2N8O. The molecule has 1 saturated heterocycles. The zero-order valence-corrected chi connectivity index (χ0v) is 21.3. The summed E-state index contributed by atoms with van der Waals surface area (Å²) in [5, 5.41) is 6.18. The van der Waals surface area contributed by atoms with Gasteiger partial charge < -0.3 is 21.3 Å². The fourth-order valence-corrected chi connectivity index (χ4v) is 4.22. The molecule has 1 aliphatic rings. The molecule has 0 spiro atoms. The van der Waals surface area contributed by atoms with Gasteiger partial charge in [0.25, 0.3) is 11.8 Å². The smallest absolute Gasteiger partial charge is 0.267 e. The van der Waals surface area contributed by atoms with Crippen LogP contribution in [0, 0.1) is 6.92 Å². The number of nitrogens with zero attached hydrogens (tertiary/aromatic N) is 5. The lowest BCUT2D eigenvalue weighted by Crippen LogP contribution is -2.29. The molecule has 2 aromatic carbocycles. The molecular weight excluding hydrogens is 490 g/mol. The van der Waals surface area contributed by atoms with Crippen LogP contribution in [0.4, 0.5) is 31.9 Å². The second-order valence-corrected chi connectivity index (χ2v) is 10.1. The Bertz CT molecular complexity index is 1520. The van der Waals surface area contributed by atoms with E-state index in [1.165, 1.54) is 17.4 Å². The van der Waals surface area contributed by atoms with Gasteiger partial charge in [-0.15, -0.1) is 0 Å². The number of halogens is 2. The summed E-state index contributed by atoms with van der Waals surface area (Å²) in [7, 11) is 0. The summed E-state index contributed by atoms with van der Waals surface area (Å²) in [5.74, 6) is -2.43. The van der Waals surface area contributed by atoms with E-state index in [2.05, 4.69) is 30.6 Å². The van der Waals surface area contributed by atoms with Gasteiger partial charge in [-0.05, 0) is 56.2 Å². The normalized spacial score (nSPS) is 15.1. The second kappa shape index (κ2) is 9.56. The number of alkyl halides is 2. The van der Waals surface area contributed by atoms with Crippen molar-refractivity contribution in [2.45, 2.75) is 38.7 Å². The highest BCUT2D eigenvalue weighted by Crippen LogP contribution is 2.31. The van der Waals surface area contributed by atoms with Crippen LogP contribution in [0.3, 0.4) is 0 Å². The number of hydrogen-bond donors (Lipinski definition) is 3. The maximum Gasteiger partial charge on any atom is 0.267 e. The van der Waals surface area contributed by atoms with Crippen LogP contribution in [0.15, 0.2) is 55.0 Å². The molecule has 196 valence electrons. The number of rotatable bonds is 6. The summed E-state index contributed by atoms with van der Waals surface area (Å²) >= 11 is 0. The molecule has 38 heavy (non-hydrogen) atoms. The predicted octanol–water partition coefficient (Wildman–Crippen LogP) is 4.76. The first-order valence-electron chi connectivity index (χ1n) is 12.2. The van der Waals surface area contributed by atoms with E-state index in [1.54, 1.807) is 30.3 Å². The number of nitrogens with one attached hydrogen (secondary N) is 2. The number of anilines is 4. The quantitative estimate of drug-likeness (QED) is 0.334. The van der Waals surface area contributed by atoms with Crippen LogP contribution < -0.4 is 21.3 Å².